The molecule has 1 N–H and O–H groups in total. The van der Waals surface area contributed by atoms with E-state index in [4.69, 9.17) is 9.72 Å². The number of thiazole rings is 1. The normalized spacial score (nSPS) is 23.0. The second-order valence-corrected chi connectivity index (χ2v) is 7.63. The number of rotatable bonds is 5. The minimum absolute atomic E-state index is 0.110. The summed E-state index contributed by atoms with van der Waals surface area (Å²) in [6.45, 7) is 5.62. The topological polar surface area (TPSA) is 51.2 Å². The molecule has 2 aliphatic carbocycles. The summed E-state index contributed by atoms with van der Waals surface area (Å²) in [6.07, 6.45) is 6.91. The zero-order valence-electron chi connectivity index (χ0n) is 12.9. The number of aryl methyl sites for hydroxylation is 1. The molecule has 1 unspecified atom stereocenters. The summed E-state index contributed by atoms with van der Waals surface area (Å²) in [5.41, 5.74) is 1.40. The number of nitrogens with zero attached hydrogens (tertiary/aromatic N) is 1. The van der Waals surface area contributed by atoms with Crippen molar-refractivity contribution >= 4 is 22.4 Å². The first-order chi connectivity index (χ1) is 10.1. The Morgan fingerprint density at radius 2 is 2.29 bits per heavy atom. The van der Waals surface area contributed by atoms with Gasteiger partial charge in [-0.1, -0.05) is 13.3 Å². The SMILES string of the molecule is CCOC(=O)C1CCCc2sc(NCC3(C)CCC3)nc21. The summed E-state index contributed by atoms with van der Waals surface area (Å²) in [4.78, 5) is 18.0. The first-order valence-corrected chi connectivity index (χ1v) is 8.83. The van der Waals surface area contributed by atoms with Crippen LogP contribution in [0.2, 0.25) is 0 Å². The molecule has 0 amide bonds. The Balaban J connectivity index is 1.70. The van der Waals surface area contributed by atoms with E-state index >= 15 is 0 Å². The molecule has 0 bridgehead atoms. The molecule has 1 saturated carbocycles. The van der Waals surface area contributed by atoms with Crippen LogP contribution in [0.5, 0.6) is 0 Å². The zero-order chi connectivity index (χ0) is 14.9. The van der Waals surface area contributed by atoms with E-state index in [1.54, 1.807) is 11.3 Å². The minimum atomic E-state index is -0.153. The van der Waals surface area contributed by atoms with Crippen molar-refractivity contribution in [1.82, 2.24) is 4.98 Å². The maximum Gasteiger partial charge on any atom is 0.315 e. The van der Waals surface area contributed by atoms with Crippen LogP contribution in [0.3, 0.4) is 0 Å². The Morgan fingerprint density at radius 1 is 1.48 bits per heavy atom. The van der Waals surface area contributed by atoms with Gasteiger partial charge in [-0.3, -0.25) is 4.79 Å². The quantitative estimate of drug-likeness (QED) is 0.842. The third-order valence-electron chi connectivity index (χ3n) is 4.75. The van der Waals surface area contributed by atoms with Crippen molar-refractivity contribution in [1.29, 1.82) is 0 Å². The molecule has 1 fully saturated rings. The van der Waals surface area contributed by atoms with Crippen molar-refractivity contribution in [2.24, 2.45) is 5.41 Å². The Labute approximate surface area is 130 Å². The average molecular weight is 308 g/mol. The van der Waals surface area contributed by atoms with E-state index in [9.17, 15) is 4.79 Å². The van der Waals surface area contributed by atoms with Gasteiger partial charge < -0.3 is 10.1 Å². The van der Waals surface area contributed by atoms with E-state index in [0.29, 0.717) is 12.0 Å². The lowest BCUT2D eigenvalue weighted by Gasteiger charge is -2.38. The molecule has 0 spiro atoms. The van der Waals surface area contributed by atoms with Crippen LogP contribution < -0.4 is 5.32 Å². The molecular formula is C16H24N2O2S. The van der Waals surface area contributed by atoms with Crippen LogP contribution in [0.15, 0.2) is 0 Å². The van der Waals surface area contributed by atoms with Crippen LogP contribution in [-0.2, 0) is 16.0 Å². The Bertz CT molecular complexity index is 522. The maximum atomic E-state index is 12.1. The van der Waals surface area contributed by atoms with E-state index in [1.807, 2.05) is 6.92 Å². The zero-order valence-corrected chi connectivity index (χ0v) is 13.7. The fourth-order valence-corrected chi connectivity index (χ4v) is 4.27. The van der Waals surface area contributed by atoms with Gasteiger partial charge in [0.1, 0.15) is 5.92 Å². The molecular weight excluding hydrogens is 284 g/mol. The van der Waals surface area contributed by atoms with Crippen LogP contribution >= 0.6 is 11.3 Å². The maximum absolute atomic E-state index is 12.1. The third kappa shape index (κ3) is 3.07. The summed E-state index contributed by atoms with van der Waals surface area (Å²) in [5, 5.41) is 4.47. The van der Waals surface area contributed by atoms with Gasteiger partial charge in [-0.25, -0.2) is 4.98 Å². The average Bonchev–Trinajstić information content (AvgIpc) is 2.86. The summed E-state index contributed by atoms with van der Waals surface area (Å²) in [6, 6.07) is 0. The molecule has 4 nitrogen and oxygen atoms in total. The summed E-state index contributed by atoms with van der Waals surface area (Å²) in [7, 11) is 0. The Kier molecular flexibility index (Phi) is 4.20. The van der Waals surface area contributed by atoms with Crippen LogP contribution in [-0.4, -0.2) is 24.1 Å². The van der Waals surface area contributed by atoms with Crippen LogP contribution in [0.1, 0.15) is 62.4 Å². The summed E-state index contributed by atoms with van der Waals surface area (Å²) >= 11 is 1.72. The van der Waals surface area contributed by atoms with Crippen molar-refractivity contribution in [3.05, 3.63) is 10.6 Å². The van der Waals surface area contributed by atoms with Gasteiger partial charge in [-0.05, 0) is 44.4 Å². The van der Waals surface area contributed by atoms with Gasteiger partial charge in [0.2, 0.25) is 0 Å². The van der Waals surface area contributed by atoms with Gasteiger partial charge in [0, 0.05) is 11.4 Å². The molecule has 1 heterocycles. The van der Waals surface area contributed by atoms with E-state index in [-0.39, 0.29) is 11.9 Å². The number of ether oxygens (including phenoxy) is 1. The fourth-order valence-electron chi connectivity index (χ4n) is 3.21. The molecule has 0 radical (unpaired) electrons. The number of esters is 1. The molecule has 116 valence electrons. The highest BCUT2D eigenvalue weighted by atomic mass is 32.1. The number of anilines is 1. The van der Waals surface area contributed by atoms with Crippen molar-refractivity contribution < 1.29 is 9.53 Å². The number of aromatic nitrogens is 1. The van der Waals surface area contributed by atoms with Crippen molar-refractivity contribution in [2.45, 2.75) is 58.3 Å². The molecule has 0 aliphatic heterocycles. The lowest BCUT2D eigenvalue weighted by Crippen LogP contribution is -2.33. The number of nitrogens with one attached hydrogen (secondary N) is 1. The van der Waals surface area contributed by atoms with Crippen LogP contribution in [0.4, 0.5) is 5.13 Å². The monoisotopic (exact) mass is 308 g/mol. The highest BCUT2D eigenvalue weighted by molar-refractivity contribution is 7.15. The lowest BCUT2D eigenvalue weighted by molar-refractivity contribution is -0.145. The molecule has 1 atom stereocenters. The molecule has 3 rings (SSSR count). The molecule has 0 aromatic carbocycles. The molecule has 0 saturated heterocycles. The van der Waals surface area contributed by atoms with E-state index in [0.717, 1.165) is 36.6 Å². The van der Waals surface area contributed by atoms with Gasteiger partial charge in [-0.15, -0.1) is 11.3 Å². The Hall–Kier alpha value is -1.10. The number of hydrogen-bond donors (Lipinski definition) is 1. The van der Waals surface area contributed by atoms with Gasteiger partial charge in [-0.2, -0.15) is 0 Å². The predicted molar refractivity (Wildman–Crippen MR) is 84.9 cm³/mol. The second kappa shape index (κ2) is 5.95. The summed E-state index contributed by atoms with van der Waals surface area (Å²) in [5.74, 6) is -0.263. The van der Waals surface area contributed by atoms with Crippen LogP contribution in [0, 0.1) is 5.41 Å². The highest BCUT2D eigenvalue weighted by Crippen LogP contribution is 2.41. The standard InChI is InChI=1S/C16H24N2O2S/c1-3-20-14(19)11-6-4-7-12-13(11)18-15(21-12)17-10-16(2)8-5-9-16/h11H,3-10H2,1-2H3,(H,17,18). The van der Waals surface area contributed by atoms with Crippen molar-refractivity contribution in [3.63, 3.8) is 0 Å². The largest absolute Gasteiger partial charge is 0.465 e. The molecule has 1 aromatic rings. The number of carbonyl (C=O) groups excluding carboxylic acids is 1. The van der Waals surface area contributed by atoms with E-state index in [1.165, 1.54) is 24.1 Å². The third-order valence-corrected chi connectivity index (χ3v) is 5.84. The fraction of sp³-hybridized carbons (Fsp3) is 0.750. The lowest BCUT2D eigenvalue weighted by atomic mass is 9.70. The van der Waals surface area contributed by atoms with Crippen molar-refractivity contribution in [2.75, 3.05) is 18.5 Å². The predicted octanol–water partition coefficient (Wildman–Crippen LogP) is 3.73. The molecule has 21 heavy (non-hydrogen) atoms. The minimum Gasteiger partial charge on any atom is -0.465 e. The number of hydrogen-bond acceptors (Lipinski definition) is 5. The first-order valence-electron chi connectivity index (χ1n) is 8.01. The van der Waals surface area contributed by atoms with Gasteiger partial charge in [0.05, 0.1) is 12.3 Å². The second-order valence-electron chi connectivity index (χ2n) is 6.54. The van der Waals surface area contributed by atoms with E-state index in [2.05, 4.69) is 12.2 Å². The molecule has 2 aliphatic rings. The molecule has 5 heteroatoms. The van der Waals surface area contributed by atoms with Crippen LogP contribution in [0.25, 0.3) is 0 Å². The number of carbonyl (C=O) groups is 1. The highest BCUT2D eigenvalue weighted by Gasteiger charge is 2.33. The smallest absolute Gasteiger partial charge is 0.315 e. The van der Waals surface area contributed by atoms with Gasteiger partial charge in [0.25, 0.3) is 0 Å². The van der Waals surface area contributed by atoms with E-state index < -0.39 is 0 Å². The summed E-state index contributed by atoms with van der Waals surface area (Å²) < 4.78 is 5.19. The number of fused-ring (bicyclic) bond motifs is 1. The van der Waals surface area contributed by atoms with Gasteiger partial charge in [0.15, 0.2) is 5.13 Å². The van der Waals surface area contributed by atoms with Gasteiger partial charge >= 0.3 is 5.97 Å². The molecule has 1 aromatic heterocycles. The Morgan fingerprint density at radius 3 is 2.95 bits per heavy atom. The van der Waals surface area contributed by atoms with Crippen molar-refractivity contribution in [3.8, 4) is 0 Å². The first kappa shape index (κ1) is 14.8.